The summed E-state index contributed by atoms with van der Waals surface area (Å²) in [5.41, 5.74) is 0.741. The summed E-state index contributed by atoms with van der Waals surface area (Å²) in [6.07, 6.45) is 0. The van der Waals surface area contributed by atoms with Crippen molar-refractivity contribution in [2.45, 2.75) is 11.8 Å². The second kappa shape index (κ2) is 9.57. The Morgan fingerprint density at radius 2 is 1.70 bits per heavy atom. The first-order valence-corrected chi connectivity index (χ1v) is 11.0. The van der Waals surface area contributed by atoms with E-state index in [0.29, 0.717) is 17.2 Å². The summed E-state index contributed by atoms with van der Waals surface area (Å²) in [5, 5.41) is 13.7. The topological polar surface area (TPSA) is 137 Å². The van der Waals surface area contributed by atoms with Gasteiger partial charge in [-0.25, -0.2) is 8.42 Å². The first-order valence-electron chi connectivity index (χ1n) is 9.56. The van der Waals surface area contributed by atoms with Gasteiger partial charge in [-0.1, -0.05) is 6.07 Å². The number of nitrogens with zero attached hydrogens (tertiary/aromatic N) is 1. The summed E-state index contributed by atoms with van der Waals surface area (Å²) in [4.78, 5) is 23.1. The SMILES string of the molecule is COc1ccc(OC)c(NS(=O)(=O)c2ccc(NC(=O)c3cccc([N+](=O)[O-])c3C)cc2)c1. The molecular formula is C22H21N3O7S. The highest BCUT2D eigenvalue weighted by atomic mass is 32.2. The van der Waals surface area contributed by atoms with Crippen molar-refractivity contribution >= 4 is 33.0 Å². The van der Waals surface area contributed by atoms with Gasteiger partial charge in [-0.05, 0) is 49.4 Å². The lowest BCUT2D eigenvalue weighted by Gasteiger charge is -2.13. The van der Waals surface area contributed by atoms with Crippen LogP contribution in [-0.2, 0) is 10.0 Å². The van der Waals surface area contributed by atoms with Crippen molar-refractivity contribution in [3.05, 3.63) is 81.9 Å². The maximum atomic E-state index is 12.8. The molecule has 172 valence electrons. The van der Waals surface area contributed by atoms with Crippen LogP contribution in [0.5, 0.6) is 11.5 Å². The summed E-state index contributed by atoms with van der Waals surface area (Å²) in [5.74, 6) is 0.213. The van der Waals surface area contributed by atoms with Crippen molar-refractivity contribution in [2.24, 2.45) is 0 Å². The minimum absolute atomic E-state index is 0.0445. The lowest BCUT2D eigenvalue weighted by atomic mass is 10.1. The smallest absolute Gasteiger partial charge is 0.273 e. The van der Waals surface area contributed by atoms with E-state index in [1.54, 1.807) is 12.1 Å². The first-order chi connectivity index (χ1) is 15.7. The van der Waals surface area contributed by atoms with Crippen LogP contribution in [0.15, 0.2) is 65.6 Å². The van der Waals surface area contributed by atoms with Gasteiger partial charge in [0.2, 0.25) is 0 Å². The number of hydrogen-bond acceptors (Lipinski definition) is 7. The van der Waals surface area contributed by atoms with Crippen LogP contribution < -0.4 is 19.5 Å². The van der Waals surface area contributed by atoms with Crippen molar-refractivity contribution in [1.29, 1.82) is 0 Å². The molecule has 3 rings (SSSR count). The molecule has 33 heavy (non-hydrogen) atoms. The van der Waals surface area contributed by atoms with Gasteiger partial charge in [-0.2, -0.15) is 0 Å². The average molecular weight is 471 g/mol. The minimum atomic E-state index is -3.96. The van der Waals surface area contributed by atoms with Gasteiger partial charge in [-0.3, -0.25) is 19.6 Å². The van der Waals surface area contributed by atoms with Crippen LogP contribution >= 0.6 is 0 Å². The number of carbonyl (C=O) groups is 1. The number of hydrogen-bond donors (Lipinski definition) is 2. The van der Waals surface area contributed by atoms with Crippen molar-refractivity contribution < 1.29 is 27.6 Å². The van der Waals surface area contributed by atoms with Gasteiger partial charge >= 0.3 is 0 Å². The molecule has 0 aliphatic carbocycles. The van der Waals surface area contributed by atoms with E-state index in [1.165, 1.54) is 69.7 Å². The number of carbonyl (C=O) groups excluding carboxylic acids is 1. The molecule has 1 amide bonds. The van der Waals surface area contributed by atoms with Gasteiger partial charge in [-0.15, -0.1) is 0 Å². The Kier molecular flexibility index (Phi) is 6.83. The molecule has 0 heterocycles. The summed E-state index contributed by atoms with van der Waals surface area (Å²) < 4.78 is 38.4. The predicted molar refractivity (Wildman–Crippen MR) is 123 cm³/mol. The van der Waals surface area contributed by atoms with Gasteiger partial charge in [0.25, 0.3) is 21.6 Å². The van der Waals surface area contributed by atoms with E-state index >= 15 is 0 Å². The molecule has 0 fully saturated rings. The van der Waals surface area contributed by atoms with Crippen LogP contribution in [0.2, 0.25) is 0 Å². The van der Waals surface area contributed by atoms with Crippen molar-refractivity contribution in [3.8, 4) is 11.5 Å². The molecule has 2 N–H and O–H groups in total. The Morgan fingerprint density at radius 3 is 2.30 bits per heavy atom. The highest BCUT2D eigenvalue weighted by Crippen LogP contribution is 2.31. The number of nitrogens with one attached hydrogen (secondary N) is 2. The number of anilines is 2. The van der Waals surface area contributed by atoms with Crippen molar-refractivity contribution in [3.63, 3.8) is 0 Å². The third-order valence-electron chi connectivity index (χ3n) is 4.82. The third-order valence-corrected chi connectivity index (χ3v) is 6.20. The molecule has 0 spiro atoms. The molecule has 11 heteroatoms. The largest absolute Gasteiger partial charge is 0.497 e. The second-order valence-electron chi connectivity index (χ2n) is 6.86. The Labute approximate surface area is 190 Å². The molecule has 3 aromatic carbocycles. The average Bonchev–Trinajstić information content (AvgIpc) is 2.79. The Bertz CT molecular complexity index is 1310. The lowest BCUT2D eigenvalue weighted by molar-refractivity contribution is -0.385. The van der Waals surface area contributed by atoms with Crippen LogP contribution in [0.3, 0.4) is 0 Å². The van der Waals surface area contributed by atoms with Crippen molar-refractivity contribution in [1.82, 2.24) is 0 Å². The third kappa shape index (κ3) is 5.21. The molecule has 0 radical (unpaired) electrons. The Morgan fingerprint density at radius 1 is 1.00 bits per heavy atom. The molecule has 0 saturated heterocycles. The van der Waals surface area contributed by atoms with Gasteiger partial charge in [0.05, 0.1) is 29.7 Å². The van der Waals surface area contributed by atoms with Gasteiger partial charge in [0.1, 0.15) is 11.5 Å². The van der Waals surface area contributed by atoms with Crippen molar-refractivity contribution in [2.75, 3.05) is 24.3 Å². The van der Waals surface area contributed by atoms with Crippen LogP contribution in [0.4, 0.5) is 17.1 Å². The number of nitro groups is 1. The van der Waals surface area contributed by atoms with E-state index in [1.807, 2.05) is 0 Å². The van der Waals surface area contributed by atoms with Gasteiger partial charge in [0.15, 0.2) is 0 Å². The number of sulfonamides is 1. The molecule has 0 saturated carbocycles. The Hall–Kier alpha value is -4.12. The summed E-state index contributed by atoms with van der Waals surface area (Å²) in [6, 6.07) is 14.4. The summed E-state index contributed by atoms with van der Waals surface area (Å²) >= 11 is 0. The fourth-order valence-electron chi connectivity index (χ4n) is 3.08. The molecule has 10 nitrogen and oxygen atoms in total. The summed E-state index contributed by atoms with van der Waals surface area (Å²) in [6.45, 7) is 1.49. The maximum absolute atomic E-state index is 12.8. The molecule has 0 aliphatic heterocycles. The number of rotatable bonds is 8. The van der Waals surface area contributed by atoms with E-state index in [4.69, 9.17) is 9.47 Å². The minimum Gasteiger partial charge on any atom is -0.497 e. The fraction of sp³-hybridized carbons (Fsp3) is 0.136. The molecule has 0 atom stereocenters. The lowest BCUT2D eigenvalue weighted by Crippen LogP contribution is -2.15. The monoisotopic (exact) mass is 471 g/mol. The zero-order chi connectivity index (χ0) is 24.2. The fourth-order valence-corrected chi connectivity index (χ4v) is 4.14. The number of nitro benzene ring substituents is 1. The van der Waals surface area contributed by atoms with Crippen LogP contribution in [0.1, 0.15) is 15.9 Å². The number of benzene rings is 3. The zero-order valence-corrected chi connectivity index (χ0v) is 18.8. The highest BCUT2D eigenvalue weighted by Gasteiger charge is 2.20. The van der Waals surface area contributed by atoms with E-state index in [-0.39, 0.29) is 27.4 Å². The van der Waals surface area contributed by atoms with Crippen LogP contribution in [0.25, 0.3) is 0 Å². The molecule has 0 unspecified atom stereocenters. The van der Waals surface area contributed by atoms with E-state index in [9.17, 15) is 23.3 Å². The molecule has 0 aromatic heterocycles. The highest BCUT2D eigenvalue weighted by molar-refractivity contribution is 7.92. The number of amides is 1. The van der Waals surface area contributed by atoms with E-state index in [2.05, 4.69) is 10.0 Å². The predicted octanol–water partition coefficient (Wildman–Crippen LogP) is 3.97. The van der Waals surface area contributed by atoms with E-state index in [0.717, 1.165) is 0 Å². The van der Waals surface area contributed by atoms with Gasteiger partial charge in [0, 0.05) is 28.9 Å². The van der Waals surface area contributed by atoms with E-state index < -0.39 is 20.9 Å². The maximum Gasteiger partial charge on any atom is 0.273 e. The van der Waals surface area contributed by atoms with Gasteiger partial charge < -0.3 is 14.8 Å². The normalized spacial score (nSPS) is 10.9. The molecular weight excluding hydrogens is 450 g/mol. The first kappa shape index (κ1) is 23.5. The molecule has 3 aromatic rings. The zero-order valence-electron chi connectivity index (χ0n) is 18.0. The Balaban J connectivity index is 1.80. The number of ether oxygens (including phenoxy) is 2. The molecule has 0 bridgehead atoms. The number of methoxy groups -OCH3 is 2. The quantitative estimate of drug-likeness (QED) is 0.374. The summed E-state index contributed by atoms with van der Waals surface area (Å²) in [7, 11) is -1.09. The van der Waals surface area contributed by atoms with Crippen LogP contribution in [-0.4, -0.2) is 33.5 Å². The standard InChI is InChI=1S/C22H21N3O7S/c1-14-18(5-4-6-20(14)25(27)28)22(26)23-15-7-10-17(11-8-15)33(29,30)24-19-13-16(31-2)9-12-21(19)32-3/h4-13,24H,1-3H3,(H,23,26). The van der Waals surface area contributed by atoms with Crippen LogP contribution in [0, 0.1) is 17.0 Å². The molecule has 0 aliphatic rings. The second-order valence-corrected chi connectivity index (χ2v) is 8.54.